The Morgan fingerprint density at radius 3 is 2.29 bits per heavy atom. The molecule has 0 aliphatic rings. The Kier molecular flexibility index (Phi) is 5.38. The van der Waals surface area contributed by atoms with Gasteiger partial charge in [0.2, 0.25) is 5.82 Å². The topological polar surface area (TPSA) is 64.1 Å². The minimum atomic E-state index is -4.63. The molecular weight excluding hydrogens is 323 g/mol. The second-order valence-electron chi connectivity index (χ2n) is 4.99. The summed E-state index contributed by atoms with van der Waals surface area (Å²) in [5, 5.41) is 2.68. The predicted octanol–water partition coefficient (Wildman–Crippen LogP) is 3.39. The van der Waals surface area contributed by atoms with Gasteiger partial charge in [0.05, 0.1) is 18.2 Å². The summed E-state index contributed by atoms with van der Waals surface area (Å²) in [6.07, 6.45) is -2.92. The normalized spacial score (nSPS) is 12.5. The van der Waals surface area contributed by atoms with Crippen molar-refractivity contribution in [3.8, 4) is 5.75 Å². The van der Waals surface area contributed by atoms with Gasteiger partial charge in [-0.1, -0.05) is 12.1 Å². The van der Waals surface area contributed by atoms with Crippen molar-refractivity contribution in [2.75, 3.05) is 6.61 Å². The standard InChI is InChI=1S/C16H16F3N3O2/c1-3-24-13-6-4-11(5-7-13)10(2)22-14(23)12-8-20-15(21-9-12)16(17,18)19/h4-10H,3H2,1-2H3,(H,22,23). The van der Waals surface area contributed by atoms with Gasteiger partial charge in [-0.3, -0.25) is 4.79 Å². The number of nitrogens with zero attached hydrogens (tertiary/aromatic N) is 2. The summed E-state index contributed by atoms with van der Waals surface area (Å²) < 4.78 is 42.5. The minimum absolute atomic E-state index is 0.0409. The second-order valence-corrected chi connectivity index (χ2v) is 4.99. The maximum absolute atomic E-state index is 12.4. The summed E-state index contributed by atoms with van der Waals surface area (Å²) >= 11 is 0. The van der Waals surface area contributed by atoms with Crippen LogP contribution < -0.4 is 10.1 Å². The van der Waals surface area contributed by atoms with E-state index in [0.29, 0.717) is 6.61 Å². The molecule has 0 aliphatic heterocycles. The molecule has 0 radical (unpaired) electrons. The molecule has 5 nitrogen and oxygen atoms in total. The van der Waals surface area contributed by atoms with Crippen molar-refractivity contribution in [1.82, 2.24) is 15.3 Å². The first-order valence-corrected chi connectivity index (χ1v) is 7.24. The van der Waals surface area contributed by atoms with Gasteiger partial charge in [-0.25, -0.2) is 9.97 Å². The summed E-state index contributed by atoms with van der Waals surface area (Å²) in [6, 6.07) is 6.83. The summed E-state index contributed by atoms with van der Waals surface area (Å²) in [6.45, 7) is 4.20. The molecule has 0 bridgehead atoms. The third kappa shape index (κ3) is 4.43. The molecule has 2 aromatic rings. The zero-order valence-electron chi connectivity index (χ0n) is 13.1. The van der Waals surface area contributed by atoms with Crippen molar-refractivity contribution in [3.63, 3.8) is 0 Å². The number of nitrogens with one attached hydrogen (secondary N) is 1. The molecule has 0 saturated heterocycles. The van der Waals surface area contributed by atoms with E-state index < -0.39 is 17.9 Å². The van der Waals surface area contributed by atoms with Crippen LogP contribution in [0, 0.1) is 0 Å². The van der Waals surface area contributed by atoms with Crippen LogP contribution in [0.3, 0.4) is 0 Å². The van der Waals surface area contributed by atoms with Crippen molar-refractivity contribution >= 4 is 5.91 Å². The molecule has 1 N–H and O–H groups in total. The number of amides is 1. The highest BCUT2D eigenvalue weighted by Crippen LogP contribution is 2.25. The van der Waals surface area contributed by atoms with E-state index in [2.05, 4.69) is 15.3 Å². The predicted molar refractivity (Wildman–Crippen MR) is 80.5 cm³/mol. The van der Waals surface area contributed by atoms with Crippen LogP contribution in [0.15, 0.2) is 36.7 Å². The molecule has 1 aromatic heterocycles. The fourth-order valence-electron chi connectivity index (χ4n) is 1.97. The average molecular weight is 339 g/mol. The average Bonchev–Trinajstić information content (AvgIpc) is 2.55. The number of carbonyl (C=O) groups excluding carboxylic acids is 1. The van der Waals surface area contributed by atoms with E-state index in [-0.39, 0.29) is 11.6 Å². The first-order chi connectivity index (χ1) is 11.3. The fourth-order valence-corrected chi connectivity index (χ4v) is 1.97. The van der Waals surface area contributed by atoms with Crippen LogP contribution in [-0.2, 0) is 6.18 Å². The summed E-state index contributed by atoms with van der Waals surface area (Å²) in [5.41, 5.74) is 0.792. The molecule has 0 fully saturated rings. The number of halogens is 3. The van der Waals surface area contributed by atoms with E-state index in [1.807, 2.05) is 6.92 Å². The number of benzene rings is 1. The van der Waals surface area contributed by atoms with Gasteiger partial charge < -0.3 is 10.1 Å². The maximum Gasteiger partial charge on any atom is 0.451 e. The van der Waals surface area contributed by atoms with Crippen LogP contribution in [0.4, 0.5) is 13.2 Å². The lowest BCUT2D eigenvalue weighted by Crippen LogP contribution is -2.27. The Morgan fingerprint density at radius 1 is 1.21 bits per heavy atom. The zero-order valence-corrected chi connectivity index (χ0v) is 13.1. The first-order valence-electron chi connectivity index (χ1n) is 7.24. The molecule has 1 heterocycles. The maximum atomic E-state index is 12.4. The smallest absolute Gasteiger partial charge is 0.451 e. The summed E-state index contributed by atoms with van der Waals surface area (Å²) in [5.74, 6) is -1.11. The monoisotopic (exact) mass is 339 g/mol. The number of carbonyl (C=O) groups is 1. The van der Waals surface area contributed by atoms with Crippen molar-refractivity contribution in [3.05, 3.63) is 53.6 Å². The molecule has 0 spiro atoms. The SMILES string of the molecule is CCOc1ccc(C(C)NC(=O)c2cnc(C(F)(F)F)nc2)cc1. The van der Waals surface area contributed by atoms with E-state index in [9.17, 15) is 18.0 Å². The molecule has 1 aromatic carbocycles. The molecule has 8 heteroatoms. The molecule has 1 amide bonds. The van der Waals surface area contributed by atoms with Crippen LogP contribution in [0.2, 0.25) is 0 Å². The van der Waals surface area contributed by atoms with E-state index in [1.165, 1.54) is 0 Å². The quantitative estimate of drug-likeness (QED) is 0.907. The Labute approximate surface area is 136 Å². The van der Waals surface area contributed by atoms with E-state index in [1.54, 1.807) is 31.2 Å². The van der Waals surface area contributed by atoms with Crippen molar-refractivity contribution in [2.24, 2.45) is 0 Å². The number of alkyl halides is 3. The third-order valence-electron chi connectivity index (χ3n) is 3.21. The highest BCUT2D eigenvalue weighted by atomic mass is 19.4. The van der Waals surface area contributed by atoms with Crippen LogP contribution in [-0.4, -0.2) is 22.5 Å². The van der Waals surface area contributed by atoms with E-state index in [0.717, 1.165) is 23.7 Å². The van der Waals surface area contributed by atoms with Gasteiger partial charge in [0.1, 0.15) is 5.75 Å². The molecule has 128 valence electrons. The largest absolute Gasteiger partial charge is 0.494 e. The van der Waals surface area contributed by atoms with E-state index in [4.69, 9.17) is 4.74 Å². The van der Waals surface area contributed by atoms with Gasteiger partial charge in [0.15, 0.2) is 0 Å². The molecule has 0 aliphatic carbocycles. The molecule has 0 saturated carbocycles. The Bertz CT molecular complexity index is 685. The second kappa shape index (κ2) is 7.29. The highest BCUT2D eigenvalue weighted by molar-refractivity contribution is 5.93. The number of hydrogen-bond acceptors (Lipinski definition) is 4. The van der Waals surface area contributed by atoms with Gasteiger partial charge in [-0.2, -0.15) is 13.2 Å². The lowest BCUT2D eigenvalue weighted by atomic mass is 10.1. The summed E-state index contributed by atoms with van der Waals surface area (Å²) in [7, 11) is 0. The Balaban J connectivity index is 2.03. The van der Waals surface area contributed by atoms with E-state index >= 15 is 0 Å². The lowest BCUT2D eigenvalue weighted by molar-refractivity contribution is -0.145. The van der Waals surface area contributed by atoms with Crippen molar-refractivity contribution in [1.29, 1.82) is 0 Å². The van der Waals surface area contributed by atoms with Crippen LogP contribution in [0.5, 0.6) is 5.75 Å². The first kappa shape index (κ1) is 17.7. The van der Waals surface area contributed by atoms with Crippen molar-refractivity contribution in [2.45, 2.75) is 26.1 Å². The number of hydrogen-bond donors (Lipinski definition) is 1. The van der Waals surface area contributed by atoms with Gasteiger partial charge >= 0.3 is 6.18 Å². The third-order valence-corrected chi connectivity index (χ3v) is 3.21. The Hall–Kier alpha value is -2.64. The number of ether oxygens (including phenoxy) is 1. The molecule has 2 rings (SSSR count). The summed E-state index contributed by atoms with van der Waals surface area (Å²) in [4.78, 5) is 18.4. The zero-order chi connectivity index (χ0) is 17.7. The minimum Gasteiger partial charge on any atom is -0.494 e. The number of aromatic nitrogens is 2. The lowest BCUT2D eigenvalue weighted by Gasteiger charge is -2.15. The molecular formula is C16H16F3N3O2. The fraction of sp³-hybridized carbons (Fsp3) is 0.312. The molecule has 1 unspecified atom stereocenters. The van der Waals surface area contributed by atoms with Crippen LogP contribution in [0.1, 0.15) is 41.6 Å². The van der Waals surface area contributed by atoms with Crippen LogP contribution in [0.25, 0.3) is 0 Å². The van der Waals surface area contributed by atoms with Gasteiger partial charge in [0.25, 0.3) is 5.91 Å². The van der Waals surface area contributed by atoms with Crippen molar-refractivity contribution < 1.29 is 22.7 Å². The van der Waals surface area contributed by atoms with Gasteiger partial charge in [-0.05, 0) is 31.5 Å². The highest BCUT2D eigenvalue weighted by Gasteiger charge is 2.34. The Morgan fingerprint density at radius 2 is 1.79 bits per heavy atom. The van der Waals surface area contributed by atoms with Crippen LogP contribution >= 0.6 is 0 Å². The molecule has 1 atom stereocenters. The number of rotatable bonds is 5. The molecule has 24 heavy (non-hydrogen) atoms. The van der Waals surface area contributed by atoms with Gasteiger partial charge in [-0.15, -0.1) is 0 Å². The van der Waals surface area contributed by atoms with Gasteiger partial charge in [0, 0.05) is 12.4 Å².